The van der Waals surface area contributed by atoms with E-state index in [-0.39, 0.29) is 11.8 Å². The van der Waals surface area contributed by atoms with Gasteiger partial charge in [0.05, 0.1) is 17.8 Å². The highest BCUT2D eigenvalue weighted by Gasteiger charge is 2.26. The van der Waals surface area contributed by atoms with Gasteiger partial charge in [-0.3, -0.25) is 14.5 Å². The lowest BCUT2D eigenvalue weighted by Gasteiger charge is -2.32. The van der Waals surface area contributed by atoms with Crippen LogP contribution in [0, 0.1) is 11.8 Å². The molecular formula is C22H28N6O. The number of pyridine rings is 2. The molecule has 1 fully saturated rings. The predicted octanol–water partition coefficient (Wildman–Crippen LogP) is 3.34. The van der Waals surface area contributed by atoms with E-state index in [0.717, 1.165) is 54.5 Å². The van der Waals surface area contributed by atoms with Crippen LogP contribution in [0.2, 0.25) is 0 Å². The van der Waals surface area contributed by atoms with Crippen LogP contribution >= 0.6 is 0 Å². The van der Waals surface area contributed by atoms with Gasteiger partial charge in [0, 0.05) is 49.7 Å². The number of hydrogen-bond donors (Lipinski definition) is 1. The van der Waals surface area contributed by atoms with Crippen molar-refractivity contribution in [1.82, 2.24) is 24.6 Å². The van der Waals surface area contributed by atoms with Gasteiger partial charge in [-0.05, 0) is 42.8 Å². The fourth-order valence-electron chi connectivity index (χ4n) is 4.00. The Kier molecular flexibility index (Phi) is 5.58. The molecule has 1 aliphatic heterocycles. The largest absolute Gasteiger partial charge is 0.310 e. The summed E-state index contributed by atoms with van der Waals surface area (Å²) in [6.07, 6.45) is 9.30. The number of likely N-dealkylation sites (tertiary alicyclic amines) is 1. The van der Waals surface area contributed by atoms with E-state index in [4.69, 9.17) is 0 Å². The highest BCUT2D eigenvalue weighted by atomic mass is 16.2. The van der Waals surface area contributed by atoms with Crippen molar-refractivity contribution >= 4 is 22.5 Å². The number of piperidine rings is 1. The zero-order valence-electron chi connectivity index (χ0n) is 17.3. The average Bonchev–Trinajstić information content (AvgIpc) is 3.13. The molecular weight excluding hydrogens is 364 g/mol. The van der Waals surface area contributed by atoms with Crippen molar-refractivity contribution in [2.24, 2.45) is 18.9 Å². The summed E-state index contributed by atoms with van der Waals surface area (Å²) in [5.41, 5.74) is 1.81. The minimum absolute atomic E-state index is 0.0170. The second-order valence-corrected chi connectivity index (χ2v) is 8.37. The topological polar surface area (TPSA) is 75.9 Å². The van der Waals surface area contributed by atoms with Gasteiger partial charge in [-0.1, -0.05) is 13.8 Å². The first-order valence-corrected chi connectivity index (χ1v) is 10.3. The molecule has 7 heteroatoms. The third-order valence-electron chi connectivity index (χ3n) is 5.35. The second kappa shape index (κ2) is 8.29. The van der Waals surface area contributed by atoms with Crippen molar-refractivity contribution in [3.8, 4) is 11.3 Å². The molecule has 1 atom stereocenters. The second-order valence-electron chi connectivity index (χ2n) is 8.37. The van der Waals surface area contributed by atoms with E-state index in [1.807, 2.05) is 25.4 Å². The Balaban J connectivity index is 1.49. The van der Waals surface area contributed by atoms with E-state index in [9.17, 15) is 4.79 Å². The molecule has 0 bridgehead atoms. The summed E-state index contributed by atoms with van der Waals surface area (Å²) in [7, 11) is 1.88. The highest BCUT2D eigenvalue weighted by Crippen LogP contribution is 2.24. The van der Waals surface area contributed by atoms with E-state index in [2.05, 4.69) is 39.1 Å². The number of hydrogen-bond acceptors (Lipinski definition) is 5. The molecule has 7 nitrogen and oxygen atoms in total. The van der Waals surface area contributed by atoms with Crippen molar-refractivity contribution in [2.45, 2.75) is 26.7 Å². The molecule has 1 N–H and O–H groups in total. The number of nitrogens with one attached hydrogen (secondary N) is 1. The molecule has 0 spiro atoms. The number of fused-ring (bicyclic) bond motifs is 1. The molecule has 0 radical (unpaired) electrons. The quantitative estimate of drug-likeness (QED) is 0.721. The van der Waals surface area contributed by atoms with Gasteiger partial charge in [-0.2, -0.15) is 5.10 Å². The molecule has 29 heavy (non-hydrogen) atoms. The number of amides is 1. The molecule has 1 amide bonds. The molecule has 4 rings (SSSR count). The van der Waals surface area contributed by atoms with Gasteiger partial charge in [0.1, 0.15) is 5.82 Å². The van der Waals surface area contributed by atoms with Gasteiger partial charge in [0.25, 0.3) is 0 Å². The van der Waals surface area contributed by atoms with Gasteiger partial charge < -0.3 is 10.2 Å². The summed E-state index contributed by atoms with van der Waals surface area (Å²) in [6.45, 7) is 7.39. The molecule has 3 aromatic rings. The average molecular weight is 393 g/mol. The first-order valence-electron chi connectivity index (χ1n) is 10.3. The van der Waals surface area contributed by atoms with Crippen LogP contribution in [0.3, 0.4) is 0 Å². The van der Waals surface area contributed by atoms with E-state index in [0.29, 0.717) is 11.7 Å². The van der Waals surface area contributed by atoms with Crippen molar-refractivity contribution in [3.63, 3.8) is 0 Å². The molecule has 1 saturated heterocycles. The van der Waals surface area contributed by atoms with Gasteiger partial charge >= 0.3 is 0 Å². The van der Waals surface area contributed by atoms with Crippen molar-refractivity contribution in [2.75, 3.05) is 25.0 Å². The molecule has 4 heterocycles. The Morgan fingerprint density at radius 2 is 2.03 bits per heavy atom. The standard InChI is InChI=1S/C22H28N6O/c1-15(2)12-28-6-4-5-16(14-28)22(29)26-21-8-17-7-20(19-11-25-27(3)13-19)23-9-18(17)10-24-21/h7-11,13,15-16H,4-6,12,14H2,1-3H3,(H,24,26,29)/t16-/m1/s1. The lowest BCUT2D eigenvalue weighted by molar-refractivity contribution is -0.121. The van der Waals surface area contributed by atoms with Gasteiger partial charge in [-0.25, -0.2) is 4.98 Å². The Hall–Kier alpha value is -2.80. The summed E-state index contributed by atoms with van der Waals surface area (Å²) in [4.78, 5) is 24.1. The molecule has 152 valence electrons. The Morgan fingerprint density at radius 3 is 2.79 bits per heavy atom. The monoisotopic (exact) mass is 392 g/mol. The van der Waals surface area contributed by atoms with E-state index in [1.54, 1.807) is 23.3 Å². The predicted molar refractivity (Wildman–Crippen MR) is 114 cm³/mol. The van der Waals surface area contributed by atoms with Crippen LogP contribution in [0.15, 0.2) is 36.9 Å². The normalized spacial score (nSPS) is 17.7. The van der Waals surface area contributed by atoms with E-state index in [1.165, 1.54) is 0 Å². The van der Waals surface area contributed by atoms with Gasteiger partial charge in [0.15, 0.2) is 0 Å². The third-order valence-corrected chi connectivity index (χ3v) is 5.35. The summed E-state index contributed by atoms with van der Waals surface area (Å²) in [6, 6.07) is 3.93. The smallest absolute Gasteiger partial charge is 0.229 e. The van der Waals surface area contributed by atoms with Gasteiger partial charge in [-0.15, -0.1) is 0 Å². The molecule has 0 unspecified atom stereocenters. The fraction of sp³-hybridized carbons (Fsp3) is 0.455. The highest BCUT2D eigenvalue weighted by molar-refractivity contribution is 5.94. The van der Waals surface area contributed by atoms with Crippen molar-refractivity contribution < 1.29 is 4.79 Å². The SMILES string of the molecule is CC(C)CN1CCC[C@@H](C(=O)Nc2cc3cc(-c4cnn(C)c4)ncc3cn2)C1. The number of carbonyl (C=O) groups is 1. The van der Waals surface area contributed by atoms with Crippen molar-refractivity contribution in [3.05, 3.63) is 36.9 Å². The molecule has 0 saturated carbocycles. The molecule has 1 aliphatic rings. The lowest BCUT2D eigenvalue weighted by Crippen LogP contribution is -2.42. The van der Waals surface area contributed by atoms with E-state index < -0.39 is 0 Å². The summed E-state index contributed by atoms with van der Waals surface area (Å²) >= 11 is 0. The minimum atomic E-state index is 0.0170. The summed E-state index contributed by atoms with van der Waals surface area (Å²) in [5, 5.41) is 9.17. The maximum absolute atomic E-state index is 12.8. The first-order chi connectivity index (χ1) is 14.0. The van der Waals surface area contributed by atoms with Gasteiger partial charge in [0.2, 0.25) is 5.91 Å². The maximum Gasteiger partial charge on any atom is 0.229 e. The summed E-state index contributed by atoms with van der Waals surface area (Å²) < 4.78 is 1.76. The Labute approximate surface area is 171 Å². The number of aryl methyl sites for hydroxylation is 1. The number of carbonyl (C=O) groups excluding carboxylic acids is 1. The Bertz CT molecular complexity index is 1010. The minimum Gasteiger partial charge on any atom is -0.310 e. The van der Waals surface area contributed by atoms with Crippen LogP contribution in [-0.4, -0.2) is 50.2 Å². The molecule has 0 aromatic carbocycles. The van der Waals surface area contributed by atoms with Crippen LogP contribution in [0.5, 0.6) is 0 Å². The van der Waals surface area contributed by atoms with Crippen LogP contribution in [0.4, 0.5) is 5.82 Å². The number of rotatable bonds is 5. The van der Waals surface area contributed by atoms with Crippen LogP contribution < -0.4 is 5.32 Å². The Morgan fingerprint density at radius 1 is 1.21 bits per heavy atom. The first kappa shape index (κ1) is 19.5. The number of aromatic nitrogens is 4. The van der Waals surface area contributed by atoms with Crippen LogP contribution in [0.1, 0.15) is 26.7 Å². The fourth-order valence-corrected chi connectivity index (χ4v) is 4.00. The summed E-state index contributed by atoms with van der Waals surface area (Å²) in [5.74, 6) is 1.28. The zero-order chi connectivity index (χ0) is 20.4. The molecule has 0 aliphatic carbocycles. The maximum atomic E-state index is 12.8. The van der Waals surface area contributed by atoms with Crippen molar-refractivity contribution in [1.29, 1.82) is 0 Å². The zero-order valence-corrected chi connectivity index (χ0v) is 17.3. The van der Waals surface area contributed by atoms with E-state index >= 15 is 0 Å². The number of nitrogens with zero attached hydrogens (tertiary/aromatic N) is 5. The van der Waals surface area contributed by atoms with Crippen LogP contribution in [0.25, 0.3) is 22.0 Å². The van der Waals surface area contributed by atoms with Crippen LogP contribution in [-0.2, 0) is 11.8 Å². The molecule has 3 aromatic heterocycles. The lowest BCUT2D eigenvalue weighted by atomic mass is 9.96. The third kappa shape index (κ3) is 4.62. The number of anilines is 1.